The van der Waals surface area contributed by atoms with E-state index < -0.39 is 49.5 Å². The maximum Gasteiger partial charge on any atom is 0.220 e. The van der Waals surface area contributed by atoms with Crippen LogP contribution < -0.4 is 5.32 Å². The molecule has 1 fully saturated rings. The Bertz CT molecular complexity index is 1480. The summed E-state index contributed by atoms with van der Waals surface area (Å²) in [7, 11) is 0. The van der Waals surface area contributed by atoms with Crippen LogP contribution in [0.25, 0.3) is 0 Å². The molecule has 0 aliphatic carbocycles. The van der Waals surface area contributed by atoms with E-state index in [0.717, 1.165) is 96.3 Å². The Labute approximate surface area is 434 Å². The summed E-state index contributed by atoms with van der Waals surface area (Å²) >= 11 is 0. The third-order valence-corrected chi connectivity index (χ3v) is 12.8. The van der Waals surface area contributed by atoms with Gasteiger partial charge in [-0.3, -0.25) is 4.79 Å². The zero-order chi connectivity index (χ0) is 51.5. The minimum Gasteiger partial charge on any atom is -0.394 e. The van der Waals surface area contributed by atoms with E-state index in [1.54, 1.807) is 6.08 Å². The first-order chi connectivity index (χ1) is 34.8. The van der Waals surface area contributed by atoms with Crippen molar-refractivity contribution in [3.05, 3.63) is 109 Å². The number of rotatable bonds is 47. The Morgan fingerprint density at radius 2 is 0.887 bits per heavy atom. The van der Waals surface area contributed by atoms with Gasteiger partial charge in [0, 0.05) is 6.42 Å². The fourth-order valence-electron chi connectivity index (χ4n) is 8.32. The van der Waals surface area contributed by atoms with Crippen molar-refractivity contribution in [1.29, 1.82) is 0 Å². The molecule has 1 aliphatic rings. The van der Waals surface area contributed by atoms with E-state index in [1.807, 2.05) is 6.08 Å². The summed E-state index contributed by atoms with van der Waals surface area (Å²) in [6.45, 7) is 3.55. The van der Waals surface area contributed by atoms with Crippen molar-refractivity contribution in [2.24, 2.45) is 0 Å². The normalized spacial score (nSPS) is 20.1. The monoisotopic (exact) mass is 992 g/mol. The Morgan fingerprint density at radius 3 is 1.34 bits per heavy atom. The molecule has 0 aromatic carbocycles. The van der Waals surface area contributed by atoms with Crippen LogP contribution in [0.3, 0.4) is 0 Å². The molecule has 1 heterocycles. The molecule has 0 bridgehead atoms. The van der Waals surface area contributed by atoms with Crippen LogP contribution in [0, 0.1) is 0 Å². The Kier molecular flexibility index (Phi) is 46.7. The number of carbonyl (C=O) groups excluding carboxylic acids is 1. The largest absolute Gasteiger partial charge is 0.394 e. The van der Waals surface area contributed by atoms with Crippen LogP contribution in [0.2, 0.25) is 0 Å². The zero-order valence-electron chi connectivity index (χ0n) is 44.9. The number of amides is 1. The van der Waals surface area contributed by atoms with Gasteiger partial charge in [-0.1, -0.05) is 232 Å². The van der Waals surface area contributed by atoms with E-state index in [4.69, 9.17) is 9.47 Å². The van der Waals surface area contributed by atoms with Crippen molar-refractivity contribution in [3.63, 3.8) is 0 Å². The smallest absolute Gasteiger partial charge is 0.220 e. The minimum absolute atomic E-state index is 0.195. The highest BCUT2D eigenvalue weighted by Crippen LogP contribution is 2.23. The van der Waals surface area contributed by atoms with Crippen molar-refractivity contribution in [1.82, 2.24) is 5.32 Å². The lowest BCUT2D eigenvalue weighted by Gasteiger charge is -2.40. The topological polar surface area (TPSA) is 149 Å². The van der Waals surface area contributed by atoms with E-state index in [0.29, 0.717) is 6.42 Å². The molecule has 1 amide bonds. The first kappa shape index (κ1) is 65.9. The van der Waals surface area contributed by atoms with Gasteiger partial charge in [-0.05, 0) is 89.9 Å². The molecule has 1 aliphatic heterocycles. The van der Waals surface area contributed by atoms with Crippen LogP contribution in [0.4, 0.5) is 0 Å². The Morgan fingerprint density at radius 1 is 0.493 bits per heavy atom. The van der Waals surface area contributed by atoms with Gasteiger partial charge in [0.15, 0.2) is 6.29 Å². The quantitative estimate of drug-likeness (QED) is 0.0261. The standard InChI is InChI=1S/C62H105NO8/c1-3-5-7-9-11-13-15-16-17-18-19-20-21-22-23-24-25-26-27-28-29-30-31-32-33-34-35-36-37-38-39-40-42-44-46-48-50-52-58(66)63-55(54-70-62-61(69)60(68)59(67)57(53-64)71-62)56(65)51-49-47-45-43-41-14-12-10-8-6-4-2/h5,7-8,10-11,13,16-17,19-20,22-23,25-26,41,43,49,51,55-57,59-62,64-65,67-69H,3-4,6,9,12,14-15,18,21,24,27-40,42,44-48,50,52-54H2,1-2H3,(H,63,66)/b7-5-,10-8+,13-11-,17-16-,20-19-,23-22-,26-25-,43-41+,51-49+. The number of unbranched alkanes of at least 4 members (excludes halogenated alkanes) is 21. The molecule has 0 saturated carbocycles. The second-order valence-electron chi connectivity index (χ2n) is 19.3. The lowest BCUT2D eigenvalue weighted by Crippen LogP contribution is -2.60. The van der Waals surface area contributed by atoms with Gasteiger partial charge < -0.3 is 40.3 Å². The van der Waals surface area contributed by atoms with Crippen molar-refractivity contribution >= 4 is 5.91 Å². The van der Waals surface area contributed by atoms with Crippen LogP contribution in [-0.4, -0.2) is 87.5 Å². The molecule has 9 nitrogen and oxygen atoms in total. The fourth-order valence-corrected chi connectivity index (χ4v) is 8.32. The summed E-state index contributed by atoms with van der Waals surface area (Å²) in [5, 5.41) is 54.2. The highest BCUT2D eigenvalue weighted by atomic mass is 16.7. The van der Waals surface area contributed by atoms with Gasteiger partial charge in [-0.2, -0.15) is 0 Å². The molecule has 0 aromatic rings. The lowest BCUT2D eigenvalue weighted by atomic mass is 9.99. The average Bonchev–Trinajstić information content (AvgIpc) is 3.37. The van der Waals surface area contributed by atoms with Gasteiger partial charge in [0.2, 0.25) is 5.91 Å². The summed E-state index contributed by atoms with van der Waals surface area (Å²) in [5.41, 5.74) is 0. The maximum atomic E-state index is 13.0. The minimum atomic E-state index is -1.58. The number of allylic oxidation sites excluding steroid dienone is 17. The second kappa shape index (κ2) is 50.4. The van der Waals surface area contributed by atoms with Crippen LogP contribution in [0.1, 0.15) is 219 Å². The van der Waals surface area contributed by atoms with Gasteiger partial charge >= 0.3 is 0 Å². The lowest BCUT2D eigenvalue weighted by molar-refractivity contribution is -0.302. The van der Waals surface area contributed by atoms with Crippen molar-refractivity contribution in [3.8, 4) is 0 Å². The summed E-state index contributed by atoms with van der Waals surface area (Å²) in [4.78, 5) is 13.0. The number of nitrogens with one attached hydrogen (secondary N) is 1. The van der Waals surface area contributed by atoms with Gasteiger partial charge in [0.1, 0.15) is 24.4 Å². The maximum absolute atomic E-state index is 13.0. The highest BCUT2D eigenvalue weighted by molar-refractivity contribution is 5.76. The molecule has 7 atom stereocenters. The fraction of sp³-hybridized carbons (Fsp3) is 0.694. The SMILES string of the molecule is CC/C=C\C/C=C\C/C=C\C/C=C\C/C=C\C/C=C\CCCCCCCCCCCCCCCCCCCCC(=O)NC(COC1OC(CO)C(O)C(O)C1O)C(O)/C=C/CC/C=C/CC/C=C/CCC. The van der Waals surface area contributed by atoms with E-state index in [1.165, 1.54) is 103 Å². The number of hydrogen-bond donors (Lipinski definition) is 6. The summed E-state index contributed by atoms with van der Waals surface area (Å²) in [6.07, 6.45) is 67.5. The molecule has 71 heavy (non-hydrogen) atoms. The molecule has 0 aromatic heterocycles. The predicted octanol–water partition coefficient (Wildman–Crippen LogP) is 14.2. The molecular weight excluding hydrogens is 887 g/mol. The number of aliphatic hydroxyl groups excluding tert-OH is 5. The molecular formula is C62H105NO8. The van der Waals surface area contributed by atoms with Gasteiger partial charge in [0.25, 0.3) is 0 Å². The van der Waals surface area contributed by atoms with Crippen LogP contribution in [0.15, 0.2) is 109 Å². The third-order valence-electron chi connectivity index (χ3n) is 12.8. The number of hydrogen-bond acceptors (Lipinski definition) is 8. The molecule has 406 valence electrons. The predicted molar refractivity (Wildman–Crippen MR) is 299 cm³/mol. The van der Waals surface area contributed by atoms with Gasteiger partial charge in [-0.15, -0.1) is 0 Å². The molecule has 7 unspecified atom stereocenters. The number of carbonyl (C=O) groups is 1. The third kappa shape index (κ3) is 40.0. The van der Waals surface area contributed by atoms with Crippen molar-refractivity contribution < 1.29 is 39.8 Å². The van der Waals surface area contributed by atoms with Gasteiger partial charge in [-0.25, -0.2) is 0 Å². The Balaban J connectivity index is 2.09. The second-order valence-corrected chi connectivity index (χ2v) is 19.3. The van der Waals surface area contributed by atoms with E-state index in [2.05, 4.69) is 116 Å². The van der Waals surface area contributed by atoms with Crippen molar-refractivity contribution in [2.75, 3.05) is 13.2 Å². The summed E-state index contributed by atoms with van der Waals surface area (Å²) in [5.74, 6) is -0.195. The van der Waals surface area contributed by atoms with Crippen molar-refractivity contribution in [2.45, 2.75) is 262 Å². The highest BCUT2D eigenvalue weighted by Gasteiger charge is 2.44. The van der Waals surface area contributed by atoms with E-state index in [-0.39, 0.29) is 12.5 Å². The van der Waals surface area contributed by atoms with E-state index >= 15 is 0 Å². The zero-order valence-corrected chi connectivity index (χ0v) is 44.9. The van der Waals surface area contributed by atoms with E-state index in [9.17, 15) is 30.3 Å². The first-order valence-electron chi connectivity index (χ1n) is 28.6. The molecule has 0 spiro atoms. The molecule has 9 heteroatoms. The Hall–Kier alpha value is -3.15. The van der Waals surface area contributed by atoms with Crippen LogP contribution >= 0.6 is 0 Å². The first-order valence-corrected chi connectivity index (χ1v) is 28.6. The van der Waals surface area contributed by atoms with Gasteiger partial charge in [0.05, 0.1) is 25.4 Å². The molecule has 6 N–H and O–H groups in total. The number of ether oxygens (including phenoxy) is 2. The summed E-state index contributed by atoms with van der Waals surface area (Å²) in [6, 6.07) is -0.831. The summed E-state index contributed by atoms with van der Waals surface area (Å²) < 4.78 is 11.2. The average molecular weight is 993 g/mol. The molecule has 1 rings (SSSR count). The molecule has 1 saturated heterocycles. The van der Waals surface area contributed by atoms with Crippen LogP contribution in [-0.2, 0) is 14.3 Å². The number of aliphatic hydroxyl groups is 5. The molecule has 0 radical (unpaired) electrons. The van der Waals surface area contributed by atoms with Crippen LogP contribution in [0.5, 0.6) is 0 Å².